The van der Waals surface area contributed by atoms with Crippen LogP contribution in [0, 0.1) is 0 Å². The van der Waals surface area contributed by atoms with Gasteiger partial charge in [0.15, 0.2) is 0 Å². The van der Waals surface area contributed by atoms with Crippen LogP contribution >= 0.6 is 23.4 Å². The lowest BCUT2D eigenvalue weighted by Crippen LogP contribution is -2.05. The fourth-order valence-corrected chi connectivity index (χ4v) is 2.57. The minimum absolute atomic E-state index is 0.328. The second-order valence-corrected chi connectivity index (χ2v) is 5.35. The molecule has 94 valence electrons. The topological polar surface area (TPSA) is 39.2 Å². The van der Waals surface area contributed by atoms with Crippen LogP contribution < -0.4 is 0 Å². The van der Waals surface area contributed by atoms with Gasteiger partial charge in [0.2, 0.25) is 0 Å². The lowest BCUT2D eigenvalue weighted by Gasteiger charge is -2.08. The van der Waals surface area contributed by atoms with Crippen LogP contribution in [0.1, 0.15) is 30.6 Å². The van der Waals surface area contributed by atoms with Gasteiger partial charge in [-0.1, -0.05) is 6.92 Å². The van der Waals surface area contributed by atoms with Crippen LogP contribution in [0.5, 0.6) is 0 Å². The molecule has 1 heterocycles. The van der Waals surface area contributed by atoms with Crippen molar-refractivity contribution in [1.29, 1.82) is 0 Å². The van der Waals surface area contributed by atoms with Gasteiger partial charge in [-0.05, 0) is 25.5 Å². The molecule has 0 radical (unpaired) electrons. The summed E-state index contributed by atoms with van der Waals surface area (Å²) in [5.74, 6) is 0.320. The Kier molecular flexibility index (Phi) is 6.37. The maximum absolute atomic E-state index is 11.4. The second-order valence-electron chi connectivity index (χ2n) is 3.51. The van der Waals surface area contributed by atoms with E-state index in [4.69, 9.17) is 16.3 Å². The summed E-state index contributed by atoms with van der Waals surface area (Å²) in [6.07, 6.45) is 2.49. The van der Waals surface area contributed by atoms with E-state index in [-0.39, 0.29) is 5.97 Å². The average Bonchev–Trinajstić information content (AvgIpc) is 2.30. The van der Waals surface area contributed by atoms with Crippen LogP contribution in [0.15, 0.2) is 23.4 Å². The molecular weight excluding hydrogens is 258 g/mol. The number of carbonyl (C=O) groups is 1. The van der Waals surface area contributed by atoms with E-state index in [0.29, 0.717) is 23.3 Å². The molecule has 0 spiro atoms. The number of alkyl halides is 1. The largest absolute Gasteiger partial charge is 0.462 e. The summed E-state index contributed by atoms with van der Waals surface area (Å²) in [7, 11) is 0. The lowest BCUT2D eigenvalue weighted by atomic mass is 10.3. The highest BCUT2D eigenvalue weighted by molar-refractivity contribution is 7.99. The molecule has 1 rings (SSSR count). The number of thioether (sulfide) groups is 1. The molecular formula is C12H16ClNO2S. The Bertz CT molecular complexity index is 356. The molecule has 1 aromatic heterocycles. The minimum atomic E-state index is -0.328. The van der Waals surface area contributed by atoms with Crippen molar-refractivity contribution in [2.45, 2.75) is 30.5 Å². The molecule has 0 aliphatic carbocycles. The molecule has 0 aliphatic heterocycles. The number of rotatable bonds is 6. The highest BCUT2D eigenvalue weighted by Crippen LogP contribution is 2.23. The highest BCUT2D eigenvalue weighted by Gasteiger charge is 2.08. The molecule has 0 saturated carbocycles. The van der Waals surface area contributed by atoms with Gasteiger partial charge < -0.3 is 4.74 Å². The Morgan fingerprint density at radius 2 is 2.35 bits per heavy atom. The van der Waals surface area contributed by atoms with Crippen LogP contribution in [-0.4, -0.2) is 28.7 Å². The Morgan fingerprint density at radius 1 is 1.59 bits per heavy atom. The molecule has 0 aliphatic rings. The van der Waals surface area contributed by atoms with Gasteiger partial charge in [0.05, 0.1) is 17.2 Å². The van der Waals surface area contributed by atoms with Gasteiger partial charge in [0.1, 0.15) is 0 Å². The number of hydrogen-bond donors (Lipinski definition) is 0. The first-order valence-corrected chi connectivity index (χ1v) is 6.94. The van der Waals surface area contributed by atoms with E-state index in [1.165, 1.54) is 0 Å². The van der Waals surface area contributed by atoms with Crippen LogP contribution in [0.4, 0.5) is 0 Å². The van der Waals surface area contributed by atoms with Crippen molar-refractivity contribution in [2.24, 2.45) is 0 Å². The summed E-state index contributed by atoms with van der Waals surface area (Å²) in [5, 5.41) is 1.32. The van der Waals surface area contributed by atoms with Crippen molar-refractivity contribution in [2.75, 3.05) is 12.5 Å². The van der Waals surface area contributed by atoms with Crippen molar-refractivity contribution in [3.05, 3.63) is 23.9 Å². The molecule has 0 bridgehead atoms. The van der Waals surface area contributed by atoms with E-state index in [0.717, 1.165) is 11.4 Å². The van der Waals surface area contributed by atoms with Gasteiger partial charge in [0.25, 0.3) is 0 Å². The second kappa shape index (κ2) is 7.56. The van der Waals surface area contributed by atoms with Crippen LogP contribution in [-0.2, 0) is 4.74 Å². The smallest absolute Gasteiger partial charge is 0.339 e. The van der Waals surface area contributed by atoms with E-state index in [1.807, 2.05) is 6.07 Å². The number of aromatic nitrogens is 1. The molecule has 0 N–H and O–H groups in total. The summed E-state index contributed by atoms with van der Waals surface area (Å²) in [5.41, 5.74) is 0.487. The number of nitrogens with zero attached hydrogens (tertiary/aromatic N) is 1. The summed E-state index contributed by atoms with van der Waals surface area (Å²) < 4.78 is 4.88. The summed E-state index contributed by atoms with van der Waals surface area (Å²) >= 11 is 7.32. The standard InChI is InChI=1S/C12H16ClNO2S/c1-3-16-12(15)10-4-5-11(14-8-10)17-9(2)6-7-13/h4-5,8-9H,3,6-7H2,1-2H3. The predicted molar refractivity (Wildman–Crippen MR) is 70.8 cm³/mol. The van der Waals surface area contributed by atoms with E-state index >= 15 is 0 Å². The number of pyridine rings is 1. The Hall–Kier alpha value is -0.740. The predicted octanol–water partition coefficient (Wildman–Crippen LogP) is 3.37. The molecule has 5 heteroatoms. The first-order valence-electron chi connectivity index (χ1n) is 5.53. The molecule has 0 fully saturated rings. The van der Waals surface area contributed by atoms with Crippen LogP contribution in [0.25, 0.3) is 0 Å². The van der Waals surface area contributed by atoms with Gasteiger partial charge in [-0.15, -0.1) is 23.4 Å². The Labute approximate surface area is 111 Å². The Balaban J connectivity index is 2.58. The van der Waals surface area contributed by atoms with Gasteiger partial charge in [-0.25, -0.2) is 9.78 Å². The maximum Gasteiger partial charge on any atom is 0.339 e. The average molecular weight is 274 g/mol. The fraction of sp³-hybridized carbons (Fsp3) is 0.500. The molecule has 1 unspecified atom stereocenters. The zero-order valence-corrected chi connectivity index (χ0v) is 11.6. The monoisotopic (exact) mass is 273 g/mol. The number of carbonyl (C=O) groups excluding carboxylic acids is 1. The highest BCUT2D eigenvalue weighted by atomic mass is 35.5. The number of esters is 1. The molecule has 1 atom stereocenters. The first-order chi connectivity index (χ1) is 8.17. The van der Waals surface area contributed by atoms with E-state index < -0.39 is 0 Å². The minimum Gasteiger partial charge on any atom is -0.462 e. The SMILES string of the molecule is CCOC(=O)c1ccc(SC(C)CCCl)nc1. The third-order valence-electron chi connectivity index (χ3n) is 2.09. The molecule has 0 saturated heterocycles. The van der Waals surface area contributed by atoms with Gasteiger partial charge in [-0.3, -0.25) is 0 Å². The summed E-state index contributed by atoms with van der Waals surface area (Å²) in [6, 6.07) is 3.57. The maximum atomic E-state index is 11.4. The van der Waals surface area contributed by atoms with E-state index in [2.05, 4.69) is 11.9 Å². The van der Waals surface area contributed by atoms with Gasteiger partial charge in [0, 0.05) is 17.3 Å². The fourth-order valence-electron chi connectivity index (χ4n) is 1.20. The summed E-state index contributed by atoms with van der Waals surface area (Å²) in [4.78, 5) is 15.6. The van der Waals surface area contributed by atoms with Crippen LogP contribution in [0.2, 0.25) is 0 Å². The Morgan fingerprint density at radius 3 is 2.88 bits per heavy atom. The van der Waals surface area contributed by atoms with Crippen molar-refractivity contribution >= 4 is 29.3 Å². The molecule has 0 amide bonds. The quantitative estimate of drug-likeness (QED) is 0.453. The number of hydrogen-bond acceptors (Lipinski definition) is 4. The zero-order chi connectivity index (χ0) is 12.7. The van der Waals surface area contributed by atoms with Crippen molar-refractivity contribution in [1.82, 2.24) is 4.98 Å². The lowest BCUT2D eigenvalue weighted by molar-refractivity contribution is 0.0525. The number of ether oxygens (including phenoxy) is 1. The van der Waals surface area contributed by atoms with Crippen molar-refractivity contribution in [3.8, 4) is 0 Å². The van der Waals surface area contributed by atoms with Gasteiger partial charge in [-0.2, -0.15) is 0 Å². The molecule has 0 aromatic carbocycles. The van der Waals surface area contributed by atoms with Crippen molar-refractivity contribution < 1.29 is 9.53 Å². The molecule has 1 aromatic rings. The third kappa shape index (κ3) is 4.96. The van der Waals surface area contributed by atoms with E-state index in [9.17, 15) is 4.79 Å². The zero-order valence-electron chi connectivity index (χ0n) is 9.98. The first kappa shape index (κ1) is 14.3. The van der Waals surface area contributed by atoms with Crippen LogP contribution in [0.3, 0.4) is 0 Å². The number of halogens is 1. The van der Waals surface area contributed by atoms with Crippen molar-refractivity contribution in [3.63, 3.8) is 0 Å². The summed E-state index contributed by atoms with van der Waals surface area (Å²) in [6.45, 7) is 4.26. The molecule has 17 heavy (non-hydrogen) atoms. The van der Waals surface area contributed by atoms with Gasteiger partial charge >= 0.3 is 5.97 Å². The molecule has 3 nitrogen and oxygen atoms in total. The normalized spacial score (nSPS) is 12.2. The third-order valence-corrected chi connectivity index (χ3v) is 3.42. The van der Waals surface area contributed by atoms with E-state index in [1.54, 1.807) is 30.9 Å².